The number of nitrogens with two attached hydrogens (primary N) is 1. The standard InChI is InChI=1S/C14H15BrN4O/c1-7-4-11(9(3)20-7)8(2)19-13-12(18-14(19)16)5-10(15)6-17-13/h4-6,8H,1-3H3,(H2,16,18). The van der Waals surface area contributed by atoms with Gasteiger partial charge in [0.2, 0.25) is 5.95 Å². The Labute approximate surface area is 124 Å². The van der Waals surface area contributed by atoms with E-state index in [0.717, 1.165) is 32.7 Å². The van der Waals surface area contributed by atoms with Crippen molar-refractivity contribution in [3.05, 3.63) is 39.9 Å². The predicted octanol–water partition coefficient (Wildman–Crippen LogP) is 3.60. The lowest BCUT2D eigenvalue weighted by Gasteiger charge is -2.14. The second-order valence-electron chi connectivity index (χ2n) is 4.88. The quantitative estimate of drug-likeness (QED) is 0.777. The van der Waals surface area contributed by atoms with Crippen LogP contribution >= 0.6 is 15.9 Å². The lowest BCUT2D eigenvalue weighted by atomic mass is 10.1. The van der Waals surface area contributed by atoms with Crippen molar-refractivity contribution in [1.82, 2.24) is 14.5 Å². The fourth-order valence-electron chi connectivity index (χ4n) is 2.56. The first-order valence-corrected chi connectivity index (χ1v) is 7.12. The third kappa shape index (κ3) is 2.00. The molecule has 0 spiro atoms. The third-order valence-corrected chi connectivity index (χ3v) is 3.87. The van der Waals surface area contributed by atoms with E-state index in [1.54, 1.807) is 6.20 Å². The van der Waals surface area contributed by atoms with Crippen molar-refractivity contribution in [2.75, 3.05) is 5.73 Å². The summed E-state index contributed by atoms with van der Waals surface area (Å²) in [5.41, 5.74) is 8.71. The molecular weight excluding hydrogens is 320 g/mol. The van der Waals surface area contributed by atoms with Crippen molar-refractivity contribution in [2.24, 2.45) is 0 Å². The number of aromatic nitrogens is 3. The fourth-order valence-corrected chi connectivity index (χ4v) is 2.88. The predicted molar refractivity (Wildman–Crippen MR) is 81.6 cm³/mol. The van der Waals surface area contributed by atoms with Crippen LogP contribution < -0.4 is 5.73 Å². The summed E-state index contributed by atoms with van der Waals surface area (Å²) in [5, 5.41) is 0. The summed E-state index contributed by atoms with van der Waals surface area (Å²) in [4.78, 5) is 8.80. The molecule has 3 rings (SSSR count). The van der Waals surface area contributed by atoms with Gasteiger partial charge < -0.3 is 10.2 Å². The lowest BCUT2D eigenvalue weighted by Crippen LogP contribution is -2.11. The molecule has 104 valence electrons. The van der Waals surface area contributed by atoms with Crippen LogP contribution in [0, 0.1) is 13.8 Å². The van der Waals surface area contributed by atoms with E-state index in [1.807, 2.05) is 30.5 Å². The number of pyridine rings is 1. The molecule has 6 heteroatoms. The van der Waals surface area contributed by atoms with Gasteiger partial charge in [0.25, 0.3) is 0 Å². The summed E-state index contributed by atoms with van der Waals surface area (Å²) in [5.74, 6) is 2.24. The van der Waals surface area contributed by atoms with E-state index in [4.69, 9.17) is 10.2 Å². The summed E-state index contributed by atoms with van der Waals surface area (Å²) >= 11 is 3.40. The molecule has 0 radical (unpaired) electrons. The number of nitrogens with zero attached hydrogens (tertiary/aromatic N) is 3. The molecule has 3 heterocycles. The van der Waals surface area contributed by atoms with Crippen LogP contribution in [0.15, 0.2) is 27.2 Å². The number of aryl methyl sites for hydroxylation is 2. The van der Waals surface area contributed by atoms with Crippen LogP contribution in [-0.4, -0.2) is 14.5 Å². The van der Waals surface area contributed by atoms with Crippen molar-refractivity contribution >= 4 is 33.0 Å². The first kappa shape index (κ1) is 13.2. The van der Waals surface area contributed by atoms with Gasteiger partial charge in [0.05, 0.1) is 6.04 Å². The number of hydrogen-bond donors (Lipinski definition) is 1. The van der Waals surface area contributed by atoms with Gasteiger partial charge in [-0.25, -0.2) is 9.97 Å². The van der Waals surface area contributed by atoms with Gasteiger partial charge in [-0.2, -0.15) is 0 Å². The number of anilines is 1. The molecule has 0 amide bonds. The Morgan fingerprint density at radius 3 is 2.75 bits per heavy atom. The zero-order valence-electron chi connectivity index (χ0n) is 11.5. The maximum Gasteiger partial charge on any atom is 0.203 e. The summed E-state index contributed by atoms with van der Waals surface area (Å²) in [6.45, 7) is 5.96. The molecule has 5 nitrogen and oxygen atoms in total. The highest BCUT2D eigenvalue weighted by Crippen LogP contribution is 2.30. The second-order valence-corrected chi connectivity index (χ2v) is 5.80. The molecule has 0 fully saturated rings. The van der Waals surface area contributed by atoms with Crippen LogP contribution in [0.2, 0.25) is 0 Å². The zero-order valence-corrected chi connectivity index (χ0v) is 13.1. The Balaban J connectivity index is 2.18. The molecule has 0 aromatic carbocycles. The Kier molecular flexibility index (Phi) is 3.05. The first-order chi connectivity index (χ1) is 9.47. The summed E-state index contributed by atoms with van der Waals surface area (Å²) in [6.07, 6.45) is 1.75. The molecule has 0 aliphatic carbocycles. The molecule has 3 aromatic heterocycles. The van der Waals surface area contributed by atoms with E-state index in [-0.39, 0.29) is 6.04 Å². The summed E-state index contributed by atoms with van der Waals surface area (Å²) < 4.78 is 8.42. The van der Waals surface area contributed by atoms with Gasteiger partial charge in [0.1, 0.15) is 17.0 Å². The number of imidazole rings is 1. The Morgan fingerprint density at radius 1 is 1.35 bits per heavy atom. The van der Waals surface area contributed by atoms with Gasteiger partial charge >= 0.3 is 0 Å². The van der Waals surface area contributed by atoms with Gasteiger partial charge in [-0.3, -0.25) is 4.57 Å². The van der Waals surface area contributed by atoms with Crippen molar-refractivity contribution in [2.45, 2.75) is 26.8 Å². The molecule has 0 saturated heterocycles. The van der Waals surface area contributed by atoms with Gasteiger partial charge in [0.15, 0.2) is 5.65 Å². The number of nitrogen functional groups attached to an aromatic ring is 1. The number of furan rings is 1. The first-order valence-electron chi connectivity index (χ1n) is 6.33. The highest BCUT2D eigenvalue weighted by Gasteiger charge is 2.20. The molecule has 0 aliphatic rings. The second kappa shape index (κ2) is 4.63. The van der Waals surface area contributed by atoms with E-state index in [0.29, 0.717) is 5.95 Å². The van der Waals surface area contributed by atoms with Crippen molar-refractivity contribution in [1.29, 1.82) is 0 Å². The summed E-state index contributed by atoms with van der Waals surface area (Å²) in [7, 11) is 0. The van der Waals surface area contributed by atoms with Crippen molar-refractivity contribution in [3.63, 3.8) is 0 Å². The number of rotatable bonds is 2. The Hall–Kier alpha value is -1.82. The molecule has 20 heavy (non-hydrogen) atoms. The maximum absolute atomic E-state index is 6.06. The zero-order chi connectivity index (χ0) is 14.4. The largest absolute Gasteiger partial charge is 0.466 e. The molecule has 1 unspecified atom stereocenters. The molecule has 0 saturated carbocycles. The third-order valence-electron chi connectivity index (χ3n) is 3.44. The minimum atomic E-state index is 0.0196. The minimum absolute atomic E-state index is 0.0196. The maximum atomic E-state index is 6.06. The number of hydrogen-bond acceptors (Lipinski definition) is 4. The Morgan fingerprint density at radius 2 is 2.10 bits per heavy atom. The van der Waals surface area contributed by atoms with Crippen molar-refractivity contribution < 1.29 is 4.42 Å². The molecule has 0 aliphatic heterocycles. The lowest BCUT2D eigenvalue weighted by molar-refractivity contribution is 0.495. The highest BCUT2D eigenvalue weighted by atomic mass is 79.9. The van der Waals surface area contributed by atoms with E-state index >= 15 is 0 Å². The molecular formula is C14H15BrN4O. The van der Waals surface area contributed by atoms with Crippen LogP contribution in [0.1, 0.15) is 30.0 Å². The highest BCUT2D eigenvalue weighted by molar-refractivity contribution is 9.10. The Bertz CT molecular complexity index is 790. The van der Waals surface area contributed by atoms with Crippen LogP contribution in [0.25, 0.3) is 11.2 Å². The number of halogens is 1. The molecule has 0 bridgehead atoms. The van der Waals surface area contributed by atoms with E-state index in [2.05, 4.69) is 32.8 Å². The monoisotopic (exact) mass is 334 g/mol. The molecule has 1 atom stereocenters. The fraction of sp³-hybridized carbons (Fsp3) is 0.286. The smallest absolute Gasteiger partial charge is 0.203 e. The van der Waals surface area contributed by atoms with Crippen molar-refractivity contribution in [3.8, 4) is 0 Å². The van der Waals surface area contributed by atoms with E-state index in [9.17, 15) is 0 Å². The van der Waals surface area contributed by atoms with E-state index < -0.39 is 0 Å². The van der Waals surface area contributed by atoms with Gasteiger partial charge in [0, 0.05) is 16.2 Å². The van der Waals surface area contributed by atoms with Gasteiger partial charge in [-0.1, -0.05) is 0 Å². The molecule has 3 aromatic rings. The average molecular weight is 335 g/mol. The van der Waals surface area contributed by atoms with Gasteiger partial charge in [-0.05, 0) is 48.8 Å². The number of fused-ring (bicyclic) bond motifs is 1. The summed E-state index contributed by atoms with van der Waals surface area (Å²) in [6, 6.07) is 3.96. The average Bonchev–Trinajstić information content (AvgIpc) is 2.87. The van der Waals surface area contributed by atoms with Crippen LogP contribution in [0.3, 0.4) is 0 Å². The van der Waals surface area contributed by atoms with Crippen LogP contribution in [0.5, 0.6) is 0 Å². The minimum Gasteiger partial charge on any atom is -0.466 e. The topological polar surface area (TPSA) is 69.9 Å². The van der Waals surface area contributed by atoms with E-state index in [1.165, 1.54) is 0 Å². The van der Waals surface area contributed by atoms with Gasteiger partial charge in [-0.15, -0.1) is 0 Å². The normalized spacial score (nSPS) is 13.0. The SMILES string of the molecule is Cc1cc(C(C)n2c(N)nc3cc(Br)cnc32)c(C)o1. The van der Waals surface area contributed by atoms with Crippen LogP contribution in [0.4, 0.5) is 5.95 Å². The van der Waals surface area contributed by atoms with Crippen LogP contribution in [-0.2, 0) is 0 Å². The molecule has 2 N–H and O–H groups in total.